The van der Waals surface area contributed by atoms with E-state index in [4.69, 9.17) is 4.74 Å². The molecule has 0 aliphatic rings. The van der Waals surface area contributed by atoms with Crippen molar-refractivity contribution in [3.8, 4) is 0 Å². The summed E-state index contributed by atoms with van der Waals surface area (Å²) in [6.07, 6.45) is 5.02. The number of para-hydroxylation sites is 1. The topological polar surface area (TPSA) is 99.9 Å². The predicted molar refractivity (Wildman–Crippen MR) is 109 cm³/mol. The maximum Gasteiger partial charge on any atom is 0.246 e. The molecule has 0 saturated carbocycles. The van der Waals surface area contributed by atoms with Crippen LogP contribution in [0.15, 0.2) is 54.1 Å². The molecule has 0 aliphatic heterocycles. The van der Waals surface area contributed by atoms with E-state index in [1.807, 2.05) is 35.8 Å². The molecule has 0 saturated heterocycles. The normalized spacial score (nSPS) is 12.0. The lowest BCUT2D eigenvalue weighted by Gasteiger charge is -2.10. The second kappa shape index (κ2) is 8.22. The summed E-state index contributed by atoms with van der Waals surface area (Å²) in [7, 11) is -3.54. The Bertz CT molecular complexity index is 1240. The van der Waals surface area contributed by atoms with Crippen molar-refractivity contribution < 1.29 is 13.2 Å². The van der Waals surface area contributed by atoms with Crippen molar-refractivity contribution in [1.82, 2.24) is 24.5 Å². The van der Waals surface area contributed by atoms with E-state index in [0.29, 0.717) is 26.2 Å². The largest absolute Gasteiger partial charge is 0.374 e. The van der Waals surface area contributed by atoms with E-state index in [1.165, 1.54) is 12.4 Å². The quantitative estimate of drug-likeness (QED) is 0.411. The van der Waals surface area contributed by atoms with Crippen LogP contribution in [0.1, 0.15) is 19.2 Å². The zero-order valence-electron chi connectivity index (χ0n) is 16.0. The van der Waals surface area contributed by atoms with Gasteiger partial charge in [-0.2, -0.15) is 0 Å². The van der Waals surface area contributed by atoms with Gasteiger partial charge in [-0.15, -0.1) is 0 Å². The lowest BCUT2D eigenvalue weighted by Crippen LogP contribution is -2.14. The fraction of sp³-hybridized carbons (Fsp3) is 0.300. The zero-order valence-corrected chi connectivity index (χ0v) is 16.8. The van der Waals surface area contributed by atoms with Crippen LogP contribution in [0.2, 0.25) is 0 Å². The fourth-order valence-corrected chi connectivity index (χ4v) is 4.44. The van der Waals surface area contributed by atoms with Crippen LogP contribution in [-0.2, 0) is 27.7 Å². The third-order valence-electron chi connectivity index (χ3n) is 4.61. The van der Waals surface area contributed by atoms with E-state index >= 15 is 0 Å². The molecule has 1 aromatic carbocycles. The minimum atomic E-state index is -3.54. The van der Waals surface area contributed by atoms with Crippen LogP contribution < -0.4 is 0 Å². The number of benzene rings is 1. The van der Waals surface area contributed by atoms with Crippen LogP contribution in [0.5, 0.6) is 0 Å². The first kappa shape index (κ1) is 19.4. The molecule has 29 heavy (non-hydrogen) atoms. The molecule has 0 N–H and O–H groups in total. The van der Waals surface area contributed by atoms with Crippen molar-refractivity contribution in [2.45, 2.75) is 31.7 Å². The van der Waals surface area contributed by atoms with Gasteiger partial charge in [0.1, 0.15) is 17.9 Å². The van der Waals surface area contributed by atoms with Crippen LogP contribution in [0.25, 0.3) is 21.9 Å². The molecule has 150 valence electrons. The molecule has 9 heteroatoms. The Balaban J connectivity index is 1.67. The standard InChI is InChI=1S/C20H21N5O3S/c1-2-28-14-18-24-17-13-23-16-8-4-3-7-15(16)19(17)25(18)11-6-12-29(26,27)20-21-9-5-10-22-20/h3-5,7-10,13H,2,6,11-12,14H2,1H3. The third-order valence-corrected chi connectivity index (χ3v) is 6.20. The highest BCUT2D eigenvalue weighted by Crippen LogP contribution is 2.25. The van der Waals surface area contributed by atoms with Crippen molar-refractivity contribution in [2.24, 2.45) is 0 Å². The number of ether oxygens (including phenoxy) is 1. The van der Waals surface area contributed by atoms with Crippen LogP contribution in [-0.4, -0.2) is 45.3 Å². The number of aromatic nitrogens is 5. The number of pyridine rings is 1. The van der Waals surface area contributed by atoms with Gasteiger partial charge in [0.2, 0.25) is 15.0 Å². The molecular weight excluding hydrogens is 390 g/mol. The van der Waals surface area contributed by atoms with Gasteiger partial charge in [0.15, 0.2) is 0 Å². The minimum absolute atomic E-state index is 0.0478. The molecule has 3 aromatic heterocycles. The average molecular weight is 411 g/mol. The van der Waals surface area contributed by atoms with Crippen molar-refractivity contribution in [3.63, 3.8) is 0 Å². The number of hydrogen-bond acceptors (Lipinski definition) is 7. The van der Waals surface area contributed by atoms with Gasteiger partial charge >= 0.3 is 0 Å². The highest BCUT2D eigenvalue weighted by atomic mass is 32.2. The van der Waals surface area contributed by atoms with Gasteiger partial charge in [0, 0.05) is 30.9 Å². The summed E-state index contributed by atoms with van der Waals surface area (Å²) in [6.45, 7) is 3.34. The number of hydrogen-bond donors (Lipinski definition) is 0. The number of aryl methyl sites for hydroxylation is 1. The smallest absolute Gasteiger partial charge is 0.246 e. The molecule has 3 heterocycles. The number of sulfone groups is 1. The molecule has 4 rings (SSSR count). The molecule has 0 fully saturated rings. The number of nitrogens with zero attached hydrogens (tertiary/aromatic N) is 5. The first-order chi connectivity index (χ1) is 14.1. The highest BCUT2D eigenvalue weighted by Gasteiger charge is 2.19. The summed E-state index contributed by atoms with van der Waals surface area (Å²) in [6, 6.07) is 9.44. The monoisotopic (exact) mass is 411 g/mol. The van der Waals surface area contributed by atoms with E-state index in [2.05, 4.69) is 19.9 Å². The van der Waals surface area contributed by atoms with Gasteiger partial charge in [0.25, 0.3) is 0 Å². The lowest BCUT2D eigenvalue weighted by atomic mass is 10.2. The fourth-order valence-electron chi connectivity index (χ4n) is 3.30. The molecule has 0 spiro atoms. The summed E-state index contributed by atoms with van der Waals surface area (Å²) in [5, 5.41) is 0.842. The van der Waals surface area contributed by atoms with Gasteiger partial charge in [0.05, 0.1) is 23.0 Å². The number of rotatable bonds is 8. The first-order valence-electron chi connectivity index (χ1n) is 9.40. The average Bonchev–Trinajstić information content (AvgIpc) is 3.11. The van der Waals surface area contributed by atoms with Crippen LogP contribution in [0.4, 0.5) is 0 Å². The molecule has 0 atom stereocenters. The second-order valence-electron chi connectivity index (χ2n) is 6.53. The molecule has 0 radical (unpaired) electrons. The first-order valence-corrected chi connectivity index (χ1v) is 11.1. The Labute approximate surface area is 168 Å². The maximum absolute atomic E-state index is 12.5. The van der Waals surface area contributed by atoms with Crippen LogP contribution in [0.3, 0.4) is 0 Å². The van der Waals surface area contributed by atoms with E-state index in [-0.39, 0.29) is 10.9 Å². The molecule has 0 amide bonds. The van der Waals surface area contributed by atoms with Crippen molar-refractivity contribution in [3.05, 3.63) is 54.7 Å². The third kappa shape index (κ3) is 3.96. The number of fused-ring (bicyclic) bond motifs is 3. The lowest BCUT2D eigenvalue weighted by molar-refractivity contribution is 0.126. The van der Waals surface area contributed by atoms with Gasteiger partial charge < -0.3 is 9.30 Å². The summed E-state index contributed by atoms with van der Waals surface area (Å²) in [5.74, 6) is 0.710. The minimum Gasteiger partial charge on any atom is -0.374 e. The van der Waals surface area contributed by atoms with E-state index in [0.717, 1.165) is 27.8 Å². The Morgan fingerprint density at radius 2 is 1.83 bits per heavy atom. The van der Waals surface area contributed by atoms with E-state index < -0.39 is 9.84 Å². The Morgan fingerprint density at radius 3 is 2.62 bits per heavy atom. The van der Waals surface area contributed by atoms with Crippen molar-refractivity contribution in [1.29, 1.82) is 0 Å². The molecule has 0 bridgehead atoms. The molecule has 0 aliphatic carbocycles. The maximum atomic E-state index is 12.5. The van der Waals surface area contributed by atoms with E-state index in [1.54, 1.807) is 12.3 Å². The Hall–Kier alpha value is -2.91. The van der Waals surface area contributed by atoms with Gasteiger partial charge in [-0.1, -0.05) is 18.2 Å². The van der Waals surface area contributed by atoms with Crippen LogP contribution >= 0.6 is 0 Å². The Morgan fingerprint density at radius 1 is 1.03 bits per heavy atom. The number of imidazole rings is 1. The highest BCUT2D eigenvalue weighted by molar-refractivity contribution is 7.91. The molecule has 4 aromatic rings. The summed E-state index contributed by atoms with van der Waals surface area (Å²) >= 11 is 0. The Kier molecular flexibility index (Phi) is 5.50. The van der Waals surface area contributed by atoms with Gasteiger partial charge in [-0.3, -0.25) is 4.98 Å². The summed E-state index contributed by atoms with van der Waals surface area (Å²) in [4.78, 5) is 16.9. The molecule has 0 unspecified atom stereocenters. The second-order valence-corrected chi connectivity index (χ2v) is 8.53. The zero-order chi connectivity index (χ0) is 20.3. The van der Waals surface area contributed by atoms with Crippen molar-refractivity contribution >= 4 is 31.8 Å². The predicted octanol–water partition coefficient (Wildman–Crippen LogP) is 2.78. The van der Waals surface area contributed by atoms with Crippen molar-refractivity contribution in [2.75, 3.05) is 12.4 Å². The summed E-state index contributed by atoms with van der Waals surface area (Å²) < 4.78 is 32.6. The molecular formula is C20H21N5O3S. The van der Waals surface area contributed by atoms with Crippen LogP contribution in [0, 0.1) is 0 Å². The molecule has 8 nitrogen and oxygen atoms in total. The van der Waals surface area contributed by atoms with Gasteiger partial charge in [-0.25, -0.2) is 23.4 Å². The van der Waals surface area contributed by atoms with Gasteiger partial charge in [-0.05, 0) is 25.5 Å². The SMILES string of the molecule is CCOCc1nc2cnc3ccccc3c2n1CCCS(=O)(=O)c1ncccn1. The summed E-state index contributed by atoms with van der Waals surface area (Å²) in [5.41, 5.74) is 2.58. The van der Waals surface area contributed by atoms with E-state index in [9.17, 15) is 8.42 Å².